The Morgan fingerprint density at radius 1 is 1.39 bits per heavy atom. The van der Waals surface area contributed by atoms with Crippen molar-refractivity contribution < 1.29 is 4.74 Å². The third-order valence-electron chi connectivity index (χ3n) is 3.07. The van der Waals surface area contributed by atoms with Crippen LogP contribution in [0.3, 0.4) is 0 Å². The summed E-state index contributed by atoms with van der Waals surface area (Å²) in [5.41, 5.74) is 1.03. The van der Waals surface area contributed by atoms with Crippen molar-refractivity contribution >= 4 is 5.82 Å². The summed E-state index contributed by atoms with van der Waals surface area (Å²) in [6, 6.07) is 0.718. The van der Waals surface area contributed by atoms with Gasteiger partial charge in [0, 0.05) is 32.8 Å². The molecule has 0 spiro atoms. The number of aromatic nitrogens is 2. The molecule has 18 heavy (non-hydrogen) atoms. The van der Waals surface area contributed by atoms with E-state index in [0.29, 0.717) is 0 Å². The van der Waals surface area contributed by atoms with Gasteiger partial charge in [-0.25, -0.2) is 4.98 Å². The number of ether oxygens (including phenoxy) is 1. The second-order valence-corrected chi connectivity index (χ2v) is 4.62. The summed E-state index contributed by atoms with van der Waals surface area (Å²) in [7, 11) is 1.75. The van der Waals surface area contributed by atoms with Gasteiger partial charge in [0.05, 0.1) is 24.7 Å². The highest BCUT2D eigenvalue weighted by Gasteiger charge is 2.28. The Bertz CT molecular complexity index is 351. The molecule has 1 heterocycles. The van der Waals surface area contributed by atoms with E-state index in [1.54, 1.807) is 13.3 Å². The zero-order valence-corrected chi connectivity index (χ0v) is 11.2. The second kappa shape index (κ2) is 6.66. The molecule has 1 aromatic rings. The van der Waals surface area contributed by atoms with E-state index in [-0.39, 0.29) is 0 Å². The Morgan fingerprint density at radius 2 is 2.22 bits per heavy atom. The molecule has 1 saturated carbocycles. The molecule has 1 aromatic heterocycles. The highest BCUT2D eigenvalue weighted by Crippen LogP contribution is 2.27. The molecule has 0 bridgehead atoms. The minimum absolute atomic E-state index is 0.718. The Labute approximate surface area is 109 Å². The van der Waals surface area contributed by atoms with Gasteiger partial charge in [0.15, 0.2) is 0 Å². The molecular formula is C13H22N4O. The van der Waals surface area contributed by atoms with Gasteiger partial charge >= 0.3 is 0 Å². The van der Waals surface area contributed by atoms with Gasteiger partial charge < -0.3 is 10.1 Å². The molecule has 5 nitrogen and oxygen atoms in total. The lowest BCUT2D eigenvalue weighted by Crippen LogP contribution is -2.29. The van der Waals surface area contributed by atoms with Crippen molar-refractivity contribution in [2.24, 2.45) is 0 Å². The van der Waals surface area contributed by atoms with Crippen LogP contribution in [0.25, 0.3) is 0 Å². The molecule has 0 unspecified atom stereocenters. The average Bonchev–Trinajstić information content (AvgIpc) is 3.21. The van der Waals surface area contributed by atoms with Gasteiger partial charge in [-0.2, -0.15) is 0 Å². The fourth-order valence-electron chi connectivity index (χ4n) is 1.96. The molecular weight excluding hydrogens is 228 g/mol. The van der Waals surface area contributed by atoms with Crippen LogP contribution in [-0.2, 0) is 11.3 Å². The first-order valence-electron chi connectivity index (χ1n) is 6.61. The number of hydrogen-bond acceptors (Lipinski definition) is 5. The van der Waals surface area contributed by atoms with Gasteiger partial charge in [0.2, 0.25) is 0 Å². The topological polar surface area (TPSA) is 50.3 Å². The van der Waals surface area contributed by atoms with Crippen LogP contribution in [-0.4, -0.2) is 47.7 Å². The van der Waals surface area contributed by atoms with E-state index in [2.05, 4.69) is 27.1 Å². The molecule has 1 aliphatic carbocycles. The van der Waals surface area contributed by atoms with E-state index in [0.717, 1.165) is 43.8 Å². The van der Waals surface area contributed by atoms with Crippen molar-refractivity contribution in [3.63, 3.8) is 0 Å². The lowest BCUT2D eigenvalue weighted by atomic mass is 10.3. The van der Waals surface area contributed by atoms with E-state index >= 15 is 0 Å². The van der Waals surface area contributed by atoms with Crippen molar-refractivity contribution in [3.8, 4) is 0 Å². The predicted octanol–water partition coefficient (Wildman–Crippen LogP) is 1.52. The molecule has 0 saturated heterocycles. The summed E-state index contributed by atoms with van der Waals surface area (Å²) < 4.78 is 5.15. The molecule has 0 aromatic carbocycles. The summed E-state index contributed by atoms with van der Waals surface area (Å²) in [4.78, 5) is 11.2. The lowest BCUT2D eigenvalue weighted by molar-refractivity contribution is 0.138. The van der Waals surface area contributed by atoms with Crippen LogP contribution in [0.4, 0.5) is 5.82 Å². The van der Waals surface area contributed by atoms with Crippen molar-refractivity contribution in [1.29, 1.82) is 0 Å². The largest absolute Gasteiger partial charge is 0.383 e. The maximum absolute atomic E-state index is 5.15. The first kappa shape index (κ1) is 13.2. The molecule has 100 valence electrons. The maximum Gasteiger partial charge on any atom is 0.144 e. The van der Waals surface area contributed by atoms with E-state index in [1.807, 2.05) is 6.20 Å². The van der Waals surface area contributed by atoms with Crippen LogP contribution in [0.1, 0.15) is 25.5 Å². The van der Waals surface area contributed by atoms with Gasteiger partial charge in [0.1, 0.15) is 5.82 Å². The zero-order chi connectivity index (χ0) is 12.8. The van der Waals surface area contributed by atoms with Gasteiger partial charge in [0.25, 0.3) is 0 Å². The molecule has 0 radical (unpaired) electrons. The normalized spacial score (nSPS) is 15.1. The Hall–Kier alpha value is -1.20. The van der Waals surface area contributed by atoms with Gasteiger partial charge in [-0.15, -0.1) is 0 Å². The van der Waals surface area contributed by atoms with Crippen LogP contribution < -0.4 is 5.32 Å². The SMILES string of the molecule is CCNc1cnc(CN(CCOC)C2CC2)cn1. The standard InChI is InChI=1S/C13H22N4O/c1-3-14-13-9-15-11(8-16-13)10-17(6-7-18-2)12-4-5-12/h8-9,12H,3-7,10H2,1-2H3,(H,14,16). The summed E-state index contributed by atoms with van der Waals surface area (Å²) in [6.07, 6.45) is 6.26. The number of anilines is 1. The predicted molar refractivity (Wildman–Crippen MR) is 71.5 cm³/mol. The monoisotopic (exact) mass is 250 g/mol. The van der Waals surface area contributed by atoms with E-state index < -0.39 is 0 Å². The molecule has 0 amide bonds. The Morgan fingerprint density at radius 3 is 2.78 bits per heavy atom. The number of methoxy groups -OCH3 is 1. The van der Waals surface area contributed by atoms with Gasteiger partial charge in [-0.1, -0.05) is 0 Å². The zero-order valence-electron chi connectivity index (χ0n) is 11.2. The molecule has 0 atom stereocenters. The smallest absolute Gasteiger partial charge is 0.144 e. The Balaban J connectivity index is 1.89. The highest BCUT2D eigenvalue weighted by atomic mass is 16.5. The molecule has 0 aliphatic heterocycles. The van der Waals surface area contributed by atoms with Crippen LogP contribution in [0.15, 0.2) is 12.4 Å². The first-order chi connectivity index (χ1) is 8.83. The summed E-state index contributed by atoms with van der Waals surface area (Å²) in [5, 5.41) is 3.15. The number of hydrogen-bond donors (Lipinski definition) is 1. The minimum Gasteiger partial charge on any atom is -0.383 e. The lowest BCUT2D eigenvalue weighted by Gasteiger charge is -2.20. The number of nitrogens with zero attached hydrogens (tertiary/aromatic N) is 3. The molecule has 1 aliphatic rings. The minimum atomic E-state index is 0.718. The summed E-state index contributed by atoms with van der Waals surface area (Å²) in [6.45, 7) is 5.54. The quantitative estimate of drug-likeness (QED) is 0.758. The van der Waals surface area contributed by atoms with E-state index in [9.17, 15) is 0 Å². The van der Waals surface area contributed by atoms with Crippen molar-refractivity contribution in [2.75, 3.05) is 32.1 Å². The second-order valence-electron chi connectivity index (χ2n) is 4.62. The molecule has 5 heteroatoms. The van der Waals surface area contributed by atoms with Gasteiger partial charge in [-0.05, 0) is 19.8 Å². The fourth-order valence-corrected chi connectivity index (χ4v) is 1.96. The van der Waals surface area contributed by atoms with Gasteiger partial charge in [-0.3, -0.25) is 9.88 Å². The summed E-state index contributed by atoms with van der Waals surface area (Å²) in [5.74, 6) is 0.844. The number of nitrogens with one attached hydrogen (secondary N) is 1. The summed E-state index contributed by atoms with van der Waals surface area (Å²) >= 11 is 0. The van der Waals surface area contributed by atoms with E-state index in [4.69, 9.17) is 4.74 Å². The molecule has 1 N–H and O–H groups in total. The van der Waals surface area contributed by atoms with Crippen LogP contribution in [0, 0.1) is 0 Å². The maximum atomic E-state index is 5.15. The van der Waals surface area contributed by atoms with Crippen LogP contribution >= 0.6 is 0 Å². The van der Waals surface area contributed by atoms with Crippen LogP contribution in [0.5, 0.6) is 0 Å². The first-order valence-corrected chi connectivity index (χ1v) is 6.61. The third kappa shape index (κ3) is 3.92. The Kier molecular flexibility index (Phi) is 4.90. The molecule has 1 fully saturated rings. The van der Waals surface area contributed by atoms with Crippen molar-refractivity contribution in [1.82, 2.24) is 14.9 Å². The molecule has 2 rings (SSSR count). The van der Waals surface area contributed by atoms with Crippen molar-refractivity contribution in [2.45, 2.75) is 32.4 Å². The third-order valence-corrected chi connectivity index (χ3v) is 3.07. The number of rotatable bonds is 8. The van der Waals surface area contributed by atoms with E-state index in [1.165, 1.54) is 12.8 Å². The highest BCUT2D eigenvalue weighted by molar-refractivity contribution is 5.30. The van der Waals surface area contributed by atoms with Crippen molar-refractivity contribution in [3.05, 3.63) is 18.1 Å². The fraction of sp³-hybridized carbons (Fsp3) is 0.692. The van der Waals surface area contributed by atoms with Crippen LogP contribution in [0.2, 0.25) is 0 Å². The average molecular weight is 250 g/mol.